The summed E-state index contributed by atoms with van der Waals surface area (Å²) in [5, 5.41) is 20.0. The molecule has 2 rings (SSSR count). The van der Waals surface area contributed by atoms with E-state index >= 15 is 0 Å². The molecule has 1 aromatic rings. The highest BCUT2D eigenvalue weighted by Gasteiger charge is 2.27. The Hall–Kier alpha value is -2.13. The van der Waals surface area contributed by atoms with Gasteiger partial charge in [-0.05, 0) is 32.3 Å². The van der Waals surface area contributed by atoms with Crippen LogP contribution in [0.25, 0.3) is 0 Å². The maximum atomic E-state index is 10.8. The van der Waals surface area contributed by atoms with Crippen molar-refractivity contribution in [2.75, 3.05) is 11.4 Å². The molecular weight excluding hydrogens is 256 g/mol. The average Bonchev–Trinajstić information content (AvgIpc) is 2.46. The lowest BCUT2D eigenvalue weighted by atomic mass is 9.95. The molecule has 0 aromatic heterocycles. The molecule has 0 radical (unpaired) electrons. The third-order valence-electron chi connectivity index (χ3n) is 3.78. The average molecular weight is 274 g/mol. The minimum absolute atomic E-state index is 0.00275. The Morgan fingerprint density at radius 1 is 1.55 bits per heavy atom. The Kier molecular flexibility index (Phi) is 4.20. The molecule has 1 fully saturated rings. The molecule has 2 N–H and O–H groups in total. The van der Waals surface area contributed by atoms with Crippen LogP contribution in [-0.2, 0) is 0 Å². The second kappa shape index (κ2) is 5.88. The fraction of sp³-hybridized carbons (Fsp3) is 0.500. The molecule has 1 heterocycles. The van der Waals surface area contributed by atoms with E-state index in [2.05, 4.69) is 11.0 Å². The van der Waals surface area contributed by atoms with Crippen molar-refractivity contribution in [2.45, 2.75) is 38.3 Å². The van der Waals surface area contributed by atoms with E-state index < -0.39 is 4.92 Å². The van der Waals surface area contributed by atoms with Crippen LogP contribution in [0.5, 0.6) is 0 Å². The van der Waals surface area contributed by atoms with Crippen molar-refractivity contribution in [3.8, 4) is 6.07 Å². The minimum Gasteiger partial charge on any atom is -0.366 e. The number of hydrogen-bond acceptors (Lipinski definition) is 5. The van der Waals surface area contributed by atoms with E-state index in [0.29, 0.717) is 5.56 Å². The van der Waals surface area contributed by atoms with Crippen LogP contribution in [0.4, 0.5) is 11.4 Å². The first-order chi connectivity index (χ1) is 9.54. The lowest BCUT2D eigenvalue weighted by molar-refractivity contribution is -0.384. The van der Waals surface area contributed by atoms with E-state index in [1.807, 2.05) is 6.92 Å². The van der Waals surface area contributed by atoms with Crippen molar-refractivity contribution in [3.05, 3.63) is 33.9 Å². The summed E-state index contributed by atoms with van der Waals surface area (Å²) in [6.45, 7) is 2.79. The number of anilines is 1. The molecule has 1 aromatic carbocycles. The summed E-state index contributed by atoms with van der Waals surface area (Å²) in [7, 11) is 0. The number of piperidine rings is 1. The molecule has 0 aliphatic carbocycles. The van der Waals surface area contributed by atoms with Gasteiger partial charge in [-0.2, -0.15) is 5.26 Å². The molecule has 2 atom stereocenters. The summed E-state index contributed by atoms with van der Waals surface area (Å²) in [4.78, 5) is 12.4. The topological polar surface area (TPSA) is 96.2 Å². The van der Waals surface area contributed by atoms with Crippen molar-refractivity contribution in [2.24, 2.45) is 5.73 Å². The number of nitriles is 1. The zero-order chi connectivity index (χ0) is 14.7. The first-order valence-corrected chi connectivity index (χ1v) is 6.75. The fourth-order valence-corrected chi connectivity index (χ4v) is 2.78. The summed E-state index contributed by atoms with van der Waals surface area (Å²) in [5.74, 6) is 0. The van der Waals surface area contributed by atoms with Crippen LogP contribution >= 0.6 is 0 Å². The Labute approximate surface area is 117 Å². The number of nitrogens with two attached hydrogens (primary N) is 1. The standard InChI is InChI=1S/C14H18N4O2/c1-10(16)13-4-2-3-7-17(13)14-6-5-12(18(19)20)8-11(14)9-15/h5-6,8,10,13H,2-4,7,16H2,1H3. The first kappa shape index (κ1) is 14.3. The summed E-state index contributed by atoms with van der Waals surface area (Å²) in [5.41, 5.74) is 7.07. The molecule has 0 amide bonds. The van der Waals surface area contributed by atoms with Crippen molar-refractivity contribution in [1.82, 2.24) is 0 Å². The zero-order valence-corrected chi connectivity index (χ0v) is 11.5. The predicted octanol–water partition coefficient (Wildman–Crippen LogP) is 2.17. The van der Waals surface area contributed by atoms with Gasteiger partial charge in [0.15, 0.2) is 0 Å². The minimum atomic E-state index is -0.482. The summed E-state index contributed by atoms with van der Waals surface area (Å²) < 4.78 is 0. The Morgan fingerprint density at radius 3 is 2.90 bits per heavy atom. The van der Waals surface area contributed by atoms with Gasteiger partial charge in [-0.3, -0.25) is 10.1 Å². The summed E-state index contributed by atoms with van der Waals surface area (Å²) in [6, 6.07) is 6.68. The molecule has 2 unspecified atom stereocenters. The highest BCUT2D eigenvalue weighted by molar-refractivity contribution is 5.63. The highest BCUT2D eigenvalue weighted by atomic mass is 16.6. The summed E-state index contributed by atoms with van der Waals surface area (Å²) in [6.07, 6.45) is 3.15. The Balaban J connectivity index is 2.40. The molecule has 1 saturated heterocycles. The largest absolute Gasteiger partial charge is 0.366 e. The number of rotatable bonds is 3. The SMILES string of the molecule is CC(N)C1CCCCN1c1ccc([N+](=O)[O-])cc1C#N. The van der Waals surface area contributed by atoms with E-state index in [4.69, 9.17) is 5.73 Å². The lowest BCUT2D eigenvalue weighted by Gasteiger charge is -2.40. The fourth-order valence-electron chi connectivity index (χ4n) is 2.78. The van der Waals surface area contributed by atoms with Gasteiger partial charge in [0.25, 0.3) is 5.69 Å². The van der Waals surface area contributed by atoms with Crippen molar-refractivity contribution in [1.29, 1.82) is 5.26 Å². The Morgan fingerprint density at radius 2 is 2.30 bits per heavy atom. The van der Waals surface area contributed by atoms with Crippen LogP contribution in [-0.4, -0.2) is 23.6 Å². The third kappa shape index (κ3) is 2.73. The van der Waals surface area contributed by atoms with Gasteiger partial charge in [-0.15, -0.1) is 0 Å². The maximum Gasteiger partial charge on any atom is 0.270 e. The van der Waals surface area contributed by atoms with Crippen molar-refractivity contribution < 1.29 is 4.92 Å². The van der Waals surface area contributed by atoms with Gasteiger partial charge < -0.3 is 10.6 Å². The maximum absolute atomic E-state index is 10.8. The molecule has 1 aliphatic rings. The molecule has 20 heavy (non-hydrogen) atoms. The van der Waals surface area contributed by atoms with Crippen molar-refractivity contribution in [3.63, 3.8) is 0 Å². The number of nitro benzene ring substituents is 1. The molecule has 106 valence electrons. The van der Waals surface area contributed by atoms with Crippen LogP contribution in [0.2, 0.25) is 0 Å². The second-order valence-electron chi connectivity index (χ2n) is 5.19. The van der Waals surface area contributed by atoms with Crippen LogP contribution in [0.15, 0.2) is 18.2 Å². The highest BCUT2D eigenvalue weighted by Crippen LogP contribution is 2.31. The first-order valence-electron chi connectivity index (χ1n) is 6.75. The Bertz CT molecular complexity index is 551. The van der Waals surface area contributed by atoms with Crippen LogP contribution < -0.4 is 10.6 Å². The number of non-ortho nitro benzene ring substituents is 1. The third-order valence-corrected chi connectivity index (χ3v) is 3.78. The second-order valence-corrected chi connectivity index (χ2v) is 5.19. The van der Waals surface area contributed by atoms with Crippen LogP contribution in [0.1, 0.15) is 31.7 Å². The van der Waals surface area contributed by atoms with Gasteiger partial charge in [-0.25, -0.2) is 0 Å². The van der Waals surface area contributed by atoms with E-state index in [-0.39, 0.29) is 17.8 Å². The zero-order valence-electron chi connectivity index (χ0n) is 11.5. The van der Waals surface area contributed by atoms with Gasteiger partial charge >= 0.3 is 0 Å². The molecule has 0 saturated carbocycles. The molecule has 6 heteroatoms. The van der Waals surface area contributed by atoms with E-state index in [1.54, 1.807) is 6.07 Å². The van der Waals surface area contributed by atoms with Gasteiger partial charge in [-0.1, -0.05) is 0 Å². The molecule has 6 nitrogen and oxygen atoms in total. The number of nitrogens with zero attached hydrogens (tertiary/aromatic N) is 3. The number of hydrogen-bond donors (Lipinski definition) is 1. The quantitative estimate of drug-likeness (QED) is 0.673. The number of benzene rings is 1. The van der Waals surface area contributed by atoms with E-state index in [1.165, 1.54) is 12.1 Å². The van der Waals surface area contributed by atoms with E-state index in [0.717, 1.165) is 31.5 Å². The van der Waals surface area contributed by atoms with Crippen LogP contribution in [0, 0.1) is 21.4 Å². The summed E-state index contributed by atoms with van der Waals surface area (Å²) >= 11 is 0. The van der Waals surface area contributed by atoms with Gasteiger partial charge in [0.05, 0.1) is 16.2 Å². The lowest BCUT2D eigenvalue weighted by Crippen LogP contribution is -2.49. The van der Waals surface area contributed by atoms with Gasteiger partial charge in [0.1, 0.15) is 6.07 Å². The van der Waals surface area contributed by atoms with Crippen LogP contribution in [0.3, 0.4) is 0 Å². The predicted molar refractivity (Wildman–Crippen MR) is 76.4 cm³/mol. The van der Waals surface area contributed by atoms with E-state index in [9.17, 15) is 15.4 Å². The molecular formula is C14H18N4O2. The monoisotopic (exact) mass is 274 g/mol. The van der Waals surface area contributed by atoms with Gasteiger partial charge in [0, 0.05) is 30.8 Å². The number of nitro groups is 1. The smallest absolute Gasteiger partial charge is 0.270 e. The molecule has 0 bridgehead atoms. The van der Waals surface area contributed by atoms with Crippen molar-refractivity contribution >= 4 is 11.4 Å². The van der Waals surface area contributed by atoms with Gasteiger partial charge in [0.2, 0.25) is 0 Å². The molecule has 0 spiro atoms. The normalized spacial score (nSPS) is 20.2. The molecule has 1 aliphatic heterocycles.